The summed E-state index contributed by atoms with van der Waals surface area (Å²) in [7, 11) is 0. The smallest absolute Gasteiger partial charge is 0.272 e. The Kier molecular flexibility index (Phi) is 5.35. The molecule has 0 atom stereocenters. The number of fused-ring (bicyclic) bond motifs is 2. The van der Waals surface area contributed by atoms with Crippen LogP contribution in [-0.4, -0.2) is 38.7 Å². The number of hydrogen-bond acceptors (Lipinski definition) is 4. The molecule has 0 bridgehead atoms. The Bertz CT molecular complexity index is 871. The van der Waals surface area contributed by atoms with E-state index >= 15 is 0 Å². The first kappa shape index (κ1) is 17.4. The molecule has 0 fully saturated rings. The van der Waals surface area contributed by atoms with Gasteiger partial charge in [0.15, 0.2) is 5.69 Å². The predicted octanol–water partition coefficient (Wildman–Crippen LogP) is 1.65. The van der Waals surface area contributed by atoms with Crippen molar-refractivity contribution in [3.63, 3.8) is 0 Å². The summed E-state index contributed by atoms with van der Waals surface area (Å²) in [5, 5.41) is 13.4. The first-order valence-corrected chi connectivity index (χ1v) is 8.28. The van der Waals surface area contributed by atoms with Crippen LogP contribution in [0, 0.1) is 0 Å². The van der Waals surface area contributed by atoms with Crippen molar-refractivity contribution >= 4 is 29.3 Å². The number of hydrogen-bond donors (Lipinski definition) is 3. The normalized spacial score (nSPS) is 13.3. The van der Waals surface area contributed by atoms with Crippen molar-refractivity contribution in [3.8, 4) is 0 Å². The van der Waals surface area contributed by atoms with Gasteiger partial charge in [0.05, 0.1) is 17.4 Å². The summed E-state index contributed by atoms with van der Waals surface area (Å²) < 4.78 is 2.11. The van der Waals surface area contributed by atoms with E-state index < -0.39 is 0 Å². The predicted molar refractivity (Wildman–Crippen MR) is 97.9 cm³/mol. The maximum Gasteiger partial charge on any atom is 0.272 e. The van der Waals surface area contributed by atoms with Crippen molar-refractivity contribution in [1.29, 1.82) is 0 Å². The zero-order valence-corrected chi connectivity index (χ0v) is 14.6. The molecular weight excluding hydrogens is 340 g/mol. The number of aryl methyl sites for hydroxylation is 1. The summed E-state index contributed by atoms with van der Waals surface area (Å²) in [4.78, 5) is 16.7. The lowest BCUT2D eigenvalue weighted by atomic mass is 10.1. The third kappa shape index (κ3) is 3.52. The average molecular weight is 361 g/mol. The van der Waals surface area contributed by atoms with Gasteiger partial charge in [-0.1, -0.05) is 12.1 Å². The van der Waals surface area contributed by atoms with E-state index in [0.717, 1.165) is 48.2 Å². The third-order valence-electron chi connectivity index (χ3n) is 4.41. The Hall–Kier alpha value is -2.38. The Labute approximate surface area is 151 Å². The number of benzene rings is 1. The summed E-state index contributed by atoms with van der Waals surface area (Å²) >= 11 is 0. The minimum atomic E-state index is -0.105. The highest BCUT2D eigenvalue weighted by molar-refractivity contribution is 5.94. The van der Waals surface area contributed by atoms with Crippen LogP contribution >= 0.6 is 12.4 Å². The second-order valence-corrected chi connectivity index (χ2v) is 5.99. The van der Waals surface area contributed by atoms with Gasteiger partial charge >= 0.3 is 0 Å². The van der Waals surface area contributed by atoms with Crippen molar-refractivity contribution in [2.45, 2.75) is 25.9 Å². The fourth-order valence-electron chi connectivity index (χ4n) is 3.14. The van der Waals surface area contributed by atoms with Crippen LogP contribution < -0.4 is 10.6 Å². The van der Waals surface area contributed by atoms with E-state index in [1.54, 1.807) is 0 Å². The molecule has 0 radical (unpaired) electrons. The minimum absolute atomic E-state index is 0. The van der Waals surface area contributed by atoms with Crippen molar-refractivity contribution in [2.75, 3.05) is 13.1 Å². The first-order valence-electron chi connectivity index (χ1n) is 8.28. The maximum atomic E-state index is 12.3. The van der Waals surface area contributed by atoms with Crippen LogP contribution in [0.3, 0.4) is 0 Å². The van der Waals surface area contributed by atoms with E-state index in [1.165, 1.54) is 0 Å². The van der Waals surface area contributed by atoms with Gasteiger partial charge in [-0.3, -0.25) is 9.89 Å². The topological polar surface area (TPSA) is 87.6 Å². The molecule has 2 aromatic heterocycles. The fourth-order valence-corrected chi connectivity index (χ4v) is 3.14. The number of nitrogens with one attached hydrogen (secondary N) is 3. The quantitative estimate of drug-likeness (QED) is 0.604. The Morgan fingerprint density at radius 2 is 2.20 bits per heavy atom. The molecule has 1 amide bonds. The maximum absolute atomic E-state index is 12.3. The van der Waals surface area contributed by atoms with Crippen LogP contribution in [0.4, 0.5) is 0 Å². The molecule has 0 saturated carbocycles. The summed E-state index contributed by atoms with van der Waals surface area (Å²) in [6.07, 6.45) is 3.59. The number of para-hydroxylation sites is 2. The number of amides is 1. The van der Waals surface area contributed by atoms with Gasteiger partial charge < -0.3 is 15.2 Å². The second-order valence-electron chi connectivity index (χ2n) is 5.99. The van der Waals surface area contributed by atoms with E-state index in [4.69, 9.17) is 0 Å². The average Bonchev–Trinajstić information content (AvgIpc) is 3.23. The molecule has 3 aromatic rings. The highest BCUT2D eigenvalue weighted by Crippen LogP contribution is 2.15. The summed E-state index contributed by atoms with van der Waals surface area (Å²) in [5.74, 6) is -0.105. The van der Waals surface area contributed by atoms with Gasteiger partial charge in [0.1, 0.15) is 0 Å². The molecule has 7 nitrogen and oxygen atoms in total. The Morgan fingerprint density at radius 1 is 1.32 bits per heavy atom. The van der Waals surface area contributed by atoms with Crippen LogP contribution in [-0.2, 0) is 19.5 Å². The zero-order valence-electron chi connectivity index (χ0n) is 13.8. The van der Waals surface area contributed by atoms with Gasteiger partial charge in [-0.2, -0.15) is 5.10 Å². The molecule has 0 saturated heterocycles. The number of imidazole rings is 1. The lowest BCUT2D eigenvalue weighted by molar-refractivity contribution is 0.0946. The van der Waals surface area contributed by atoms with Crippen LogP contribution in [0.1, 0.15) is 28.2 Å². The summed E-state index contributed by atoms with van der Waals surface area (Å²) in [5.41, 5.74) is 4.71. The van der Waals surface area contributed by atoms with Gasteiger partial charge in [-0.05, 0) is 18.6 Å². The summed E-state index contributed by atoms with van der Waals surface area (Å²) in [6, 6.07) is 8.06. The molecule has 0 unspecified atom stereocenters. The van der Waals surface area contributed by atoms with E-state index in [1.807, 2.05) is 24.5 Å². The van der Waals surface area contributed by atoms with Gasteiger partial charge in [-0.15, -0.1) is 12.4 Å². The lowest BCUT2D eigenvalue weighted by Crippen LogP contribution is -2.29. The molecule has 1 aromatic carbocycles. The number of carbonyl (C=O) groups is 1. The van der Waals surface area contributed by atoms with Gasteiger partial charge in [0.25, 0.3) is 5.91 Å². The molecule has 1 aliphatic heterocycles. The minimum Gasteiger partial charge on any atom is -0.351 e. The Balaban J connectivity index is 0.00000182. The molecule has 25 heavy (non-hydrogen) atoms. The van der Waals surface area contributed by atoms with E-state index in [0.29, 0.717) is 18.8 Å². The molecule has 132 valence electrons. The van der Waals surface area contributed by atoms with Crippen LogP contribution in [0.2, 0.25) is 0 Å². The SMILES string of the molecule is Cl.O=C(NCCCn1cnc2ccccc21)c1n[nH]c2c1CNCC2. The fraction of sp³-hybridized carbons (Fsp3) is 0.353. The number of carbonyl (C=O) groups excluding carboxylic acids is 1. The lowest BCUT2D eigenvalue weighted by Gasteiger charge is -2.12. The number of H-pyrrole nitrogens is 1. The molecule has 0 aliphatic carbocycles. The molecule has 4 rings (SSSR count). The standard InChI is InChI=1S/C17H20N6O.ClH/c24-17(16-12-10-18-8-6-13(12)21-22-16)19-7-3-9-23-11-20-14-4-1-2-5-15(14)23;/h1-2,4-5,11,18H,3,6-10H2,(H,19,24)(H,21,22);1H. The number of rotatable bonds is 5. The third-order valence-corrected chi connectivity index (χ3v) is 4.41. The highest BCUT2D eigenvalue weighted by Gasteiger charge is 2.21. The summed E-state index contributed by atoms with van der Waals surface area (Å²) in [6.45, 7) is 3.06. The van der Waals surface area contributed by atoms with Gasteiger partial charge in [0.2, 0.25) is 0 Å². The van der Waals surface area contributed by atoms with Gasteiger partial charge in [0, 0.05) is 43.9 Å². The van der Waals surface area contributed by atoms with Crippen molar-refractivity contribution in [2.24, 2.45) is 0 Å². The molecule has 0 spiro atoms. The van der Waals surface area contributed by atoms with Crippen LogP contribution in [0.5, 0.6) is 0 Å². The molecule has 3 N–H and O–H groups in total. The molecule has 8 heteroatoms. The second kappa shape index (κ2) is 7.67. The monoisotopic (exact) mass is 360 g/mol. The first-order chi connectivity index (χ1) is 11.8. The zero-order chi connectivity index (χ0) is 16.4. The number of nitrogens with zero attached hydrogens (tertiary/aromatic N) is 3. The van der Waals surface area contributed by atoms with Gasteiger partial charge in [-0.25, -0.2) is 4.98 Å². The van der Waals surface area contributed by atoms with E-state index in [-0.39, 0.29) is 18.3 Å². The number of aromatic amines is 1. The van der Waals surface area contributed by atoms with Crippen LogP contribution in [0.25, 0.3) is 11.0 Å². The van der Waals surface area contributed by atoms with E-state index in [2.05, 4.69) is 36.4 Å². The molecule has 3 heterocycles. The Morgan fingerprint density at radius 3 is 3.12 bits per heavy atom. The highest BCUT2D eigenvalue weighted by atomic mass is 35.5. The largest absolute Gasteiger partial charge is 0.351 e. The number of halogens is 1. The van der Waals surface area contributed by atoms with Crippen molar-refractivity contribution < 1.29 is 4.79 Å². The van der Waals surface area contributed by atoms with Crippen LogP contribution in [0.15, 0.2) is 30.6 Å². The molecule has 1 aliphatic rings. The van der Waals surface area contributed by atoms with Crippen molar-refractivity contribution in [1.82, 2.24) is 30.4 Å². The van der Waals surface area contributed by atoms with Crippen molar-refractivity contribution in [3.05, 3.63) is 47.5 Å². The molecular formula is C17H21ClN6O. The van der Waals surface area contributed by atoms with E-state index in [9.17, 15) is 4.79 Å². The number of aromatic nitrogens is 4.